The number of carbonyl (C=O) groups excluding carboxylic acids is 1. The summed E-state index contributed by atoms with van der Waals surface area (Å²) in [6.45, 7) is 2.39. The van der Waals surface area contributed by atoms with E-state index < -0.39 is 0 Å². The molecule has 100 valence electrons. The van der Waals surface area contributed by atoms with Gasteiger partial charge in [-0.25, -0.2) is 0 Å². The van der Waals surface area contributed by atoms with Gasteiger partial charge in [-0.2, -0.15) is 0 Å². The number of halogens is 2. The minimum atomic E-state index is -0.0741. The van der Waals surface area contributed by atoms with Crippen LogP contribution in [0.1, 0.15) is 21.7 Å². The van der Waals surface area contributed by atoms with E-state index >= 15 is 0 Å². The van der Waals surface area contributed by atoms with Gasteiger partial charge in [0.2, 0.25) is 0 Å². The van der Waals surface area contributed by atoms with Crippen LogP contribution in [0.2, 0.25) is 5.02 Å². The van der Waals surface area contributed by atoms with Crippen molar-refractivity contribution in [3.8, 4) is 0 Å². The Balaban J connectivity index is 2.15. The minimum absolute atomic E-state index is 0.0741. The van der Waals surface area contributed by atoms with Crippen molar-refractivity contribution in [2.24, 2.45) is 0 Å². The number of amides is 1. The molecule has 0 fully saturated rings. The lowest BCUT2D eigenvalue weighted by molar-refractivity contribution is 0.0784. The topological polar surface area (TPSA) is 33.5 Å². The SMILES string of the molecule is Cc1occc1CN(C)C(=O)c1ccc(Br)c(Cl)c1. The normalized spacial score (nSPS) is 10.5. The Morgan fingerprint density at radius 2 is 2.16 bits per heavy atom. The Kier molecular flexibility index (Phi) is 4.32. The Bertz CT molecular complexity index is 609. The van der Waals surface area contributed by atoms with Crippen LogP contribution in [0.3, 0.4) is 0 Å². The molecule has 0 aliphatic heterocycles. The summed E-state index contributed by atoms with van der Waals surface area (Å²) in [7, 11) is 1.75. The van der Waals surface area contributed by atoms with Gasteiger partial charge in [-0.3, -0.25) is 4.79 Å². The second kappa shape index (κ2) is 5.80. The van der Waals surface area contributed by atoms with E-state index in [0.29, 0.717) is 17.1 Å². The van der Waals surface area contributed by atoms with E-state index in [1.165, 1.54) is 0 Å². The molecule has 0 aliphatic rings. The van der Waals surface area contributed by atoms with Gasteiger partial charge in [0.25, 0.3) is 5.91 Å². The standard InChI is InChI=1S/C14H13BrClNO2/c1-9-11(5-6-19-9)8-17(2)14(18)10-3-4-12(15)13(16)7-10/h3-7H,8H2,1-2H3. The van der Waals surface area contributed by atoms with Crippen molar-refractivity contribution in [3.05, 3.63) is 56.9 Å². The second-order valence-corrected chi connectivity index (χ2v) is 5.55. The molecule has 0 atom stereocenters. The molecular weight excluding hydrogens is 330 g/mol. The third-order valence-corrected chi connectivity index (χ3v) is 4.12. The molecule has 0 radical (unpaired) electrons. The molecule has 1 aromatic heterocycles. The highest BCUT2D eigenvalue weighted by molar-refractivity contribution is 9.10. The average Bonchev–Trinajstić information content (AvgIpc) is 2.77. The van der Waals surface area contributed by atoms with Crippen molar-refractivity contribution in [1.82, 2.24) is 4.90 Å². The van der Waals surface area contributed by atoms with Crippen LogP contribution in [0.25, 0.3) is 0 Å². The van der Waals surface area contributed by atoms with Crippen molar-refractivity contribution < 1.29 is 9.21 Å². The van der Waals surface area contributed by atoms with E-state index in [1.807, 2.05) is 13.0 Å². The largest absolute Gasteiger partial charge is 0.469 e. The lowest BCUT2D eigenvalue weighted by atomic mass is 10.2. The number of furan rings is 1. The van der Waals surface area contributed by atoms with Crippen molar-refractivity contribution in [1.29, 1.82) is 0 Å². The Hall–Kier alpha value is -1.26. The predicted octanol–water partition coefficient (Wildman–Crippen LogP) is 4.28. The Labute approximate surface area is 125 Å². The van der Waals surface area contributed by atoms with Crippen LogP contribution in [0.4, 0.5) is 0 Å². The third kappa shape index (κ3) is 3.19. The van der Waals surface area contributed by atoms with Gasteiger partial charge in [0.05, 0.1) is 11.3 Å². The summed E-state index contributed by atoms with van der Waals surface area (Å²) in [5.41, 5.74) is 1.57. The molecule has 0 aliphatic carbocycles. The summed E-state index contributed by atoms with van der Waals surface area (Å²) in [5, 5.41) is 0.527. The van der Waals surface area contributed by atoms with Crippen LogP contribution in [0.15, 0.2) is 39.4 Å². The van der Waals surface area contributed by atoms with Crippen LogP contribution in [0.5, 0.6) is 0 Å². The zero-order chi connectivity index (χ0) is 14.0. The number of aryl methyl sites for hydroxylation is 1. The first-order chi connectivity index (χ1) is 8.99. The third-order valence-electron chi connectivity index (χ3n) is 2.89. The van der Waals surface area contributed by atoms with Gasteiger partial charge in [-0.05, 0) is 47.1 Å². The first-order valence-electron chi connectivity index (χ1n) is 5.72. The number of benzene rings is 1. The molecule has 1 heterocycles. The fraction of sp³-hybridized carbons (Fsp3) is 0.214. The summed E-state index contributed by atoms with van der Waals surface area (Å²) in [4.78, 5) is 13.9. The zero-order valence-electron chi connectivity index (χ0n) is 10.6. The fourth-order valence-electron chi connectivity index (χ4n) is 1.75. The number of carbonyl (C=O) groups is 1. The molecule has 2 aromatic rings. The number of nitrogens with zero attached hydrogens (tertiary/aromatic N) is 1. The van der Waals surface area contributed by atoms with E-state index in [0.717, 1.165) is 15.8 Å². The van der Waals surface area contributed by atoms with Crippen molar-refractivity contribution >= 4 is 33.4 Å². The number of hydrogen-bond acceptors (Lipinski definition) is 2. The molecule has 5 heteroatoms. The smallest absolute Gasteiger partial charge is 0.253 e. The van der Waals surface area contributed by atoms with E-state index in [2.05, 4.69) is 15.9 Å². The van der Waals surface area contributed by atoms with Crippen molar-refractivity contribution in [3.63, 3.8) is 0 Å². The lowest BCUT2D eigenvalue weighted by Crippen LogP contribution is -2.26. The summed E-state index contributed by atoms with van der Waals surface area (Å²) in [6, 6.07) is 7.05. The van der Waals surface area contributed by atoms with Gasteiger partial charge in [-0.15, -0.1) is 0 Å². The van der Waals surface area contributed by atoms with Gasteiger partial charge in [0.15, 0.2) is 0 Å². The summed E-state index contributed by atoms with van der Waals surface area (Å²) < 4.78 is 6.00. The van der Waals surface area contributed by atoms with Crippen LogP contribution in [0, 0.1) is 6.92 Å². The highest BCUT2D eigenvalue weighted by Crippen LogP contribution is 2.24. The van der Waals surface area contributed by atoms with E-state index in [4.69, 9.17) is 16.0 Å². The minimum Gasteiger partial charge on any atom is -0.469 e. The van der Waals surface area contributed by atoms with Crippen LogP contribution < -0.4 is 0 Å². The van der Waals surface area contributed by atoms with Gasteiger partial charge >= 0.3 is 0 Å². The molecule has 0 spiro atoms. The van der Waals surface area contributed by atoms with Crippen LogP contribution >= 0.6 is 27.5 Å². The molecule has 0 bridgehead atoms. The maximum Gasteiger partial charge on any atom is 0.253 e. The second-order valence-electron chi connectivity index (χ2n) is 4.29. The molecule has 2 rings (SSSR count). The predicted molar refractivity (Wildman–Crippen MR) is 78.4 cm³/mol. The van der Waals surface area contributed by atoms with Gasteiger partial charge in [0.1, 0.15) is 5.76 Å². The number of rotatable bonds is 3. The van der Waals surface area contributed by atoms with Gasteiger partial charge in [0, 0.05) is 29.2 Å². The maximum absolute atomic E-state index is 12.3. The van der Waals surface area contributed by atoms with E-state index in [-0.39, 0.29) is 5.91 Å². The van der Waals surface area contributed by atoms with E-state index in [9.17, 15) is 4.79 Å². The molecule has 0 unspecified atom stereocenters. The molecule has 1 aromatic carbocycles. The fourth-order valence-corrected chi connectivity index (χ4v) is 2.18. The first-order valence-corrected chi connectivity index (χ1v) is 6.89. The summed E-state index contributed by atoms with van der Waals surface area (Å²) in [6.07, 6.45) is 1.62. The molecule has 0 saturated carbocycles. The molecular formula is C14H13BrClNO2. The summed E-state index contributed by atoms with van der Waals surface area (Å²) >= 11 is 9.30. The lowest BCUT2D eigenvalue weighted by Gasteiger charge is -2.17. The Morgan fingerprint density at radius 3 is 2.74 bits per heavy atom. The Morgan fingerprint density at radius 1 is 1.42 bits per heavy atom. The van der Waals surface area contributed by atoms with Gasteiger partial charge in [-0.1, -0.05) is 11.6 Å². The van der Waals surface area contributed by atoms with Crippen molar-refractivity contribution in [2.45, 2.75) is 13.5 Å². The number of hydrogen-bond donors (Lipinski definition) is 0. The van der Waals surface area contributed by atoms with Crippen molar-refractivity contribution in [2.75, 3.05) is 7.05 Å². The average molecular weight is 343 g/mol. The monoisotopic (exact) mass is 341 g/mol. The van der Waals surface area contributed by atoms with E-state index in [1.54, 1.807) is 36.4 Å². The van der Waals surface area contributed by atoms with Crippen LogP contribution in [-0.2, 0) is 6.54 Å². The molecule has 19 heavy (non-hydrogen) atoms. The summed E-state index contributed by atoms with van der Waals surface area (Å²) in [5.74, 6) is 0.753. The molecule has 1 amide bonds. The quantitative estimate of drug-likeness (QED) is 0.834. The molecule has 0 N–H and O–H groups in total. The molecule has 0 saturated heterocycles. The van der Waals surface area contributed by atoms with Gasteiger partial charge < -0.3 is 9.32 Å². The maximum atomic E-state index is 12.3. The molecule has 3 nitrogen and oxygen atoms in total. The zero-order valence-corrected chi connectivity index (χ0v) is 13.0. The highest BCUT2D eigenvalue weighted by Gasteiger charge is 2.14. The first kappa shape index (κ1) is 14.2. The van der Waals surface area contributed by atoms with Crippen LogP contribution in [-0.4, -0.2) is 17.9 Å². The highest BCUT2D eigenvalue weighted by atomic mass is 79.9.